The van der Waals surface area contributed by atoms with E-state index in [0.717, 1.165) is 20.4 Å². The number of ether oxygens (including phenoxy) is 1. The van der Waals surface area contributed by atoms with Crippen molar-refractivity contribution in [1.82, 2.24) is 14.9 Å². The molecule has 8 heteroatoms. The smallest absolute Gasteiger partial charge is 0.328 e. The molecule has 2 aromatic carbocycles. The SMILES string of the molecule is COc1cccc(CNC(=O)CCCn2c(=O)[nH]c3ccc(Br)cc3c2=O)c1. The van der Waals surface area contributed by atoms with E-state index in [1.54, 1.807) is 25.3 Å². The minimum atomic E-state index is -0.475. The Bertz CT molecular complexity index is 1120. The summed E-state index contributed by atoms with van der Waals surface area (Å²) in [6.07, 6.45) is 0.596. The van der Waals surface area contributed by atoms with E-state index in [0.29, 0.717) is 23.9 Å². The van der Waals surface area contributed by atoms with Gasteiger partial charge in [0.25, 0.3) is 5.56 Å². The molecule has 0 bridgehead atoms. The Labute approximate surface area is 169 Å². The lowest BCUT2D eigenvalue weighted by atomic mass is 10.2. The number of rotatable bonds is 7. The van der Waals surface area contributed by atoms with Crippen molar-refractivity contribution in [2.24, 2.45) is 0 Å². The van der Waals surface area contributed by atoms with Crippen molar-refractivity contribution >= 4 is 32.7 Å². The quantitative estimate of drug-likeness (QED) is 0.584. The maximum atomic E-state index is 12.6. The lowest BCUT2D eigenvalue weighted by Gasteiger charge is -2.08. The van der Waals surface area contributed by atoms with Crippen molar-refractivity contribution in [2.75, 3.05) is 7.11 Å². The van der Waals surface area contributed by atoms with Crippen LogP contribution in [-0.2, 0) is 17.9 Å². The number of benzene rings is 2. The molecule has 0 aliphatic heterocycles. The van der Waals surface area contributed by atoms with E-state index in [9.17, 15) is 14.4 Å². The molecule has 28 heavy (non-hydrogen) atoms. The molecule has 0 radical (unpaired) electrons. The summed E-state index contributed by atoms with van der Waals surface area (Å²) in [6, 6.07) is 12.6. The van der Waals surface area contributed by atoms with Crippen molar-refractivity contribution in [2.45, 2.75) is 25.9 Å². The maximum absolute atomic E-state index is 12.6. The second kappa shape index (κ2) is 8.88. The fourth-order valence-corrected chi connectivity index (χ4v) is 3.26. The minimum Gasteiger partial charge on any atom is -0.497 e. The van der Waals surface area contributed by atoms with Gasteiger partial charge in [-0.25, -0.2) is 4.79 Å². The standard InChI is InChI=1S/C20H20BrN3O4/c1-28-15-5-2-4-13(10-15)12-22-18(25)6-3-9-24-19(26)16-11-14(21)7-8-17(16)23-20(24)27/h2,4-5,7-8,10-11H,3,6,9,12H2,1H3,(H,22,25)(H,23,27). The topological polar surface area (TPSA) is 93.2 Å². The van der Waals surface area contributed by atoms with Gasteiger partial charge in [-0.3, -0.25) is 14.2 Å². The molecule has 7 nitrogen and oxygen atoms in total. The van der Waals surface area contributed by atoms with Gasteiger partial charge in [-0.1, -0.05) is 28.1 Å². The molecule has 1 heterocycles. The third-order valence-electron chi connectivity index (χ3n) is 4.35. The van der Waals surface area contributed by atoms with Gasteiger partial charge in [-0.2, -0.15) is 0 Å². The lowest BCUT2D eigenvalue weighted by molar-refractivity contribution is -0.121. The van der Waals surface area contributed by atoms with Gasteiger partial charge >= 0.3 is 5.69 Å². The van der Waals surface area contributed by atoms with E-state index >= 15 is 0 Å². The van der Waals surface area contributed by atoms with E-state index in [4.69, 9.17) is 4.74 Å². The second-order valence-electron chi connectivity index (χ2n) is 6.31. The Morgan fingerprint density at radius 1 is 1.21 bits per heavy atom. The van der Waals surface area contributed by atoms with Crippen LogP contribution in [0.4, 0.5) is 0 Å². The highest BCUT2D eigenvalue weighted by molar-refractivity contribution is 9.10. The van der Waals surface area contributed by atoms with Crippen LogP contribution < -0.4 is 21.3 Å². The van der Waals surface area contributed by atoms with Crippen LogP contribution >= 0.6 is 15.9 Å². The zero-order valence-electron chi connectivity index (χ0n) is 15.3. The lowest BCUT2D eigenvalue weighted by Crippen LogP contribution is -2.35. The van der Waals surface area contributed by atoms with Crippen molar-refractivity contribution in [3.8, 4) is 5.75 Å². The third-order valence-corrected chi connectivity index (χ3v) is 4.85. The molecule has 1 aromatic heterocycles. The van der Waals surface area contributed by atoms with Gasteiger partial charge in [-0.15, -0.1) is 0 Å². The van der Waals surface area contributed by atoms with Crippen LogP contribution in [0.25, 0.3) is 10.9 Å². The van der Waals surface area contributed by atoms with Gasteiger partial charge in [0.15, 0.2) is 0 Å². The average Bonchev–Trinajstić information content (AvgIpc) is 2.69. The van der Waals surface area contributed by atoms with Crippen LogP contribution in [-0.4, -0.2) is 22.6 Å². The molecule has 0 saturated heterocycles. The Morgan fingerprint density at radius 3 is 2.82 bits per heavy atom. The van der Waals surface area contributed by atoms with E-state index in [1.165, 1.54) is 0 Å². The molecule has 0 unspecified atom stereocenters. The van der Waals surface area contributed by atoms with Gasteiger partial charge in [0, 0.05) is 24.0 Å². The zero-order valence-corrected chi connectivity index (χ0v) is 16.9. The monoisotopic (exact) mass is 445 g/mol. The molecule has 3 rings (SSSR count). The number of carbonyl (C=O) groups excluding carboxylic acids is 1. The molecular weight excluding hydrogens is 426 g/mol. The highest BCUT2D eigenvalue weighted by atomic mass is 79.9. The first-order valence-corrected chi connectivity index (χ1v) is 9.59. The summed E-state index contributed by atoms with van der Waals surface area (Å²) in [7, 11) is 1.59. The van der Waals surface area contributed by atoms with E-state index in [2.05, 4.69) is 26.2 Å². The summed E-state index contributed by atoms with van der Waals surface area (Å²) in [5, 5.41) is 3.26. The molecule has 0 saturated carbocycles. The largest absolute Gasteiger partial charge is 0.497 e. The Balaban J connectivity index is 1.59. The van der Waals surface area contributed by atoms with Crippen molar-refractivity contribution in [1.29, 1.82) is 0 Å². The van der Waals surface area contributed by atoms with Crippen LogP contribution in [0.1, 0.15) is 18.4 Å². The molecule has 0 spiro atoms. The van der Waals surface area contributed by atoms with Gasteiger partial charge in [0.2, 0.25) is 5.91 Å². The number of hydrogen-bond donors (Lipinski definition) is 2. The Morgan fingerprint density at radius 2 is 2.04 bits per heavy atom. The number of amides is 1. The van der Waals surface area contributed by atoms with Crippen molar-refractivity contribution < 1.29 is 9.53 Å². The van der Waals surface area contributed by atoms with Crippen LogP contribution in [0.5, 0.6) is 5.75 Å². The molecule has 0 aliphatic rings. The van der Waals surface area contributed by atoms with Crippen molar-refractivity contribution in [3.63, 3.8) is 0 Å². The Kier molecular flexibility index (Phi) is 6.30. The highest BCUT2D eigenvalue weighted by Crippen LogP contribution is 2.14. The molecule has 0 atom stereocenters. The number of methoxy groups -OCH3 is 1. The summed E-state index contributed by atoms with van der Waals surface area (Å²) in [5.41, 5.74) is 0.583. The number of H-pyrrole nitrogens is 1. The van der Waals surface area contributed by atoms with Crippen molar-refractivity contribution in [3.05, 3.63) is 73.3 Å². The van der Waals surface area contributed by atoms with Gasteiger partial charge in [-0.05, 0) is 42.3 Å². The van der Waals surface area contributed by atoms with Crippen LogP contribution in [0.2, 0.25) is 0 Å². The summed E-state index contributed by atoms with van der Waals surface area (Å²) in [6.45, 7) is 0.559. The normalized spacial score (nSPS) is 10.8. The van der Waals surface area contributed by atoms with Crippen LogP contribution in [0, 0.1) is 0 Å². The number of halogens is 1. The molecule has 2 N–H and O–H groups in total. The van der Waals surface area contributed by atoms with Gasteiger partial charge in [0.05, 0.1) is 18.0 Å². The van der Waals surface area contributed by atoms with Gasteiger partial charge in [0.1, 0.15) is 5.75 Å². The first-order valence-electron chi connectivity index (χ1n) is 8.80. The first kappa shape index (κ1) is 19.9. The van der Waals surface area contributed by atoms with E-state index in [1.807, 2.05) is 24.3 Å². The Hall–Kier alpha value is -2.87. The maximum Gasteiger partial charge on any atom is 0.328 e. The van der Waals surface area contributed by atoms with Crippen LogP contribution in [0.3, 0.4) is 0 Å². The fraction of sp³-hybridized carbons (Fsp3) is 0.250. The summed E-state index contributed by atoms with van der Waals surface area (Å²) < 4.78 is 7.04. The number of nitrogens with one attached hydrogen (secondary N) is 2. The first-order chi connectivity index (χ1) is 13.5. The number of nitrogens with zero attached hydrogens (tertiary/aromatic N) is 1. The molecule has 1 amide bonds. The number of fused-ring (bicyclic) bond motifs is 1. The molecule has 0 fully saturated rings. The zero-order chi connectivity index (χ0) is 20.1. The highest BCUT2D eigenvalue weighted by Gasteiger charge is 2.09. The predicted molar refractivity (Wildman–Crippen MR) is 111 cm³/mol. The summed E-state index contributed by atoms with van der Waals surface area (Å²) in [4.78, 5) is 39.5. The molecule has 0 aliphatic carbocycles. The van der Waals surface area contributed by atoms with E-state index in [-0.39, 0.29) is 24.4 Å². The summed E-state index contributed by atoms with van der Waals surface area (Å²) in [5.74, 6) is 0.587. The predicted octanol–water partition coefficient (Wildman–Crippen LogP) is 2.56. The fourth-order valence-electron chi connectivity index (χ4n) is 2.90. The molecular formula is C20H20BrN3O4. The number of aromatic nitrogens is 2. The number of hydrogen-bond acceptors (Lipinski definition) is 4. The second-order valence-corrected chi connectivity index (χ2v) is 7.22. The third kappa shape index (κ3) is 4.69. The average molecular weight is 446 g/mol. The minimum absolute atomic E-state index is 0.143. The van der Waals surface area contributed by atoms with Crippen LogP contribution in [0.15, 0.2) is 56.5 Å². The van der Waals surface area contributed by atoms with E-state index < -0.39 is 5.69 Å². The van der Waals surface area contributed by atoms with Gasteiger partial charge < -0.3 is 15.0 Å². The molecule has 3 aromatic rings. The number of aromatic amines is 1. The molecule has 146 valence electrons. The number of carbonyl (C=O) groups is 1. The summed E-state index contributed by atoms with van der Waals surface area (Å²) >= 11 is 3.33.